The maximum Gasteiger partial charge on any atom is 0.251 e. The van der Waals surface area contributed by atoms with Gasteiger partial charge in [0.25, 0.3) is 5.91 Å². The number of carbonyl (C=O) groups is 1. The smallest absolute Gasteiger partial charge is 0.251 e. The van der Waals surface area contributed by atoms with Crippen molar-refractivity contribution in [1.29, 1.82) is 0 Å². The zero-order chi connectivity index (χ0) is 13.0. The second-order valence-corrected chi connectivity index (χ2v) is 4.22. The minimum Gasteiger partial charge on any atom is -0.486 e. The minimum absolute atomic E-state index is 0.0438. The number of ether oxygens (including phenoxy) is 2. The molecule has 0 aromatic heterocycles. The molecule has 0 fully saturated rings. The van der Waals surface area contributed by atoms with E-state index in [-0.39, 0.29) is 12.5 Å². The maximum atomic E-state index is 11.8. The third kappa shape index (κ3) is 2.86. The van der Waals surface area contributed by atoms with Crippen molar-refractivity contribution in [2.24, 2.45) is 0 Å². The molecule has 0 saturated heterocycles. The van der Waals surface area contributed by atoms with E-state index in [9.17, 15) is 4.79 Å². The van der Waals surface area contributed by atoms with Gasteiger partial charge >= 0.3 is 0 Å². The fourth-order valence-electron chi connectivity index (χ4n) is 1.62. The summed E-state index contributed by atoms with van der Waals surface area (Å²) in [5.41, 5.74) is 0.419. The quantitative estimate of drug-likeness (QED) is 0.808. The number of benzene rings is 1. The van der Waals surface area contributed by atoms with Crippen molar-refractivity contribution in [1.82, 2.24) is 5.32 Å². The van der Waals surface area contributed by atoms with E-state index in [0.717, 1.165) is 0 Å². The first-order valence-electron chi connectivity index (χ1n) is 5.70. The molecular formula is C12H14ClNO4. The number of amides is 1. The average molecular weight is 272 g/mol. The number of halogens is 1. The molecule has 0 aliphatic carbocycles. The molecule has 0 spiro atoms. The van der Waals surface area contributed by atoms with Gasteiger partial charge in [-0.05, 0) is 18.6 Å². The minimum atomic E-state index is -0.248. The Hall–Kier alpha value is -1.46. The van der Waals surface area contributed by atoms with Crippen molar-refractivity contribution in [2.75, 3.05) is 26.4 Å². The molecule has 1 heterocycles. The van der Waals surface area contributed by atoms with E-state index in [1.165, 1.54) is 0 Å². The van der Waals surface area contributed by atoms with Crippen LogP contribution >= 0.6 is 11.6 Å². The van der Waals surface area contributed by atoms with Crippen molar-refractivity contribution in [3.8, 4) is 11.5 Å². The standard InChI is InChI=1S/C12H14ClNO4/c13-9-6-8(12(16)14-2-1-3-15)7-10-11(9)18-5-4-17-10/h6-7,15H,1-5H2,(H,14,16). The Kier molecular flexibility index (Phi) is 4.28. The first-order chi connectivity index (χ1) is 8.72. The Bertz CT molecular complexity index is 450. The molecule has 1 amide bonds. The lowest BCUT2D eigenvalue weighted by molar-refractivity contribution is 0.0950. The monoisotopic (exact) mass is 271 g/mol. The van der Waals surface area contributed by atoms with Crippen molar-refractivity contribution in [3.05, 3.63) is 22.7 Å². The van der Waals surface area contributed by atoms with Crippen LogP contribution in [0, 0.1) is 0 Å². The number of rotatable bonds is 4. The second-order valence-electron chi connectivity index (χ2n) is 3.82. The predicted molar refractivity (Wildman–Crippen MR) is 66.5 cm³/mol. The van der Waals surface area contributed by atoms with Crippen LogP contribution in [0.5, 0.6) is 11.5 Å². The molecular weight excluding hydrogens is 258 g/mol. The van der Waals surface area contributed by atoms with Gasteiger partial charge in [0, 0.05) is 18.7 Å². The van der Waals surface area contributed by atoms with Crippen LogP contribution in [0.25, 0.3) is 0 Å². The van der Waals surface area contributed by atoms with Gasteiger partial charge in [-0.25, -0.2) is 0 Å². The van der Waals surface area contributed by atoms with Gasteiger partial charge in [-0.1, -0.05) is 11.6 Å². The molecule has 18 heavy (non-hydrogen) atoms. The van der Waals surface area contributed by atoms with Gasteiger partial charge in [0.1, 0.15) is 13.2 Å². The van der Waals surface area contributed by atoms with E-state index in [1.54, 1.807) is 12.1 Å². The highest BCUT2D eigenvalue weighted by Gasteiger charge is 2.18. The van der Waals surface area contributed by atoms with E-state index >= 15 is 0 Å². The van der Waals surface area contributed by atoms with Gasteiger partial charge < -0.3 is 19.9 Å². The van der Waals surface area contributed by atoms with Gasteiger partial charge in [0.2, 0.25) is 0 Å². The van der Waals surface area contributed by atoms with Gasteiger partial charge in [-0.3, -0.25) is 4.79 Å². The molecule has 1 aromatic rings. The van der Waals surface area contributed by atoms with Gasteiger partial charge in [0.15, 0.2) is 11.5 Å². The van der Waals surface area contributed by atoms with Crippen molar-refractivity contribution in [3.63, 3.8) is 0 Å². The molecule has 0 saturated carbocycles. The van der Waals surface area contributed by atoms with Crippen LogP contribution in [0.4, 0.5) is 0 Å². The van der Waals surface area contributed by atoms with E-state index < -0.39 is 0 Å². The number of nitrogens with one attached hydrogen (secondary N) is 1. The van der Waals surface area contributed by atoms with Crippen molar-refractivity contribution in [2.45, 2.75) is 6.42 Å². The fourth-order valence-corrected chi connectivity index (χ4v) is 1.89. The second kappa shape index (κ2) is 5.93. The molecule has 98 valence electrons. The summed E-state index contributed by atoms with van der Waals surface area (Å²) in [6.07, 6.45) is 0.518. The molecule has 0 unspecified atom stereocenters. The summed E-state index contributed by atoms with van der Waals surface area (Å²) in [6, 6.07) is 3.15. The Morgan fingerprint density at radius 1 is 1.39 bits per heavy atom. The number of aliphatic hydroxyl groups excluding tert-OH is 1. The maximum absolute atomic E-state index is 11.8. The summed E-state index contributed by atoms with van der Waals surface area (Å²) >= 11 is 6.03. The highest BCUT2D eigenvalue weighted by molar-refractivity contribution is 6.32. The molecule has 0 bridgehead atoms. The van der Waals surface area contributed by atoms with Gasteiger partial charge in [0.05, 0.1) is 5.02 Å². The number of aliphatic hydroxyl groups is 1. The molecule has 2 N–H and O–H groups in total. The molecule has 1 aliphatic rings. The van der Waals surface area contributed by atoms with Crippen molar-refractivity contribution < 1.29 is 19.4 Å². The Balaban J connectivity index is 2.14. The third-order valence-electron chi connectivity index (χ3n) is 2.48. The van der Waals surface area contributed by atoms with Crippen molar-refractivity contribution >= 4 is 17.5 Å². The third-order valence-corrected chi connectivity index (χ3v) is 2.76. The zero-order valence-corrected chi connectivity index (χ0v) is 10.5. The Morgan fingerprint density at radius 3 is 2.94 bits per heavy atom. The summed E-state index contributed by atoms with van der Waals surface area (Å²) in [5, 5.41) is 11.7. The number of carbonyl (C=O) groups excluding carboxylic acids is 1. The molecule has 5 nitrogen and oxygen atoms in total. The molecule has 1 aliphatic heterocycles. The molecule has 2 rings (SSSR count). The van der Waals surface area contributed by atoms with E-state index in [4.69, 9.17) is 26.2 Å². The van der Waals surface area contributed by atoms with Crippen LogP contribution in [0.2, 0.25) is 5.02 Å². The summed E-state index contributed by atoms with van der Waals surface area (Å²) in [7, 11) is 0. The van der Waals surface area contributed by atoms with Crippen LogP contribution in [0.3, 0.4) is 0 Å². The lowest BCUT2D eigenvalue weighted by Gasteiger charge is -2.20. The summed E-state index contributed by atoms with van der Waals surface area (Å²) < 4.78 is 10.8. The molecule has 0 radical (unpaired) electrons. The highest BCUT2D eigenvalue weighted by Crippen LogP contribution is 2.38. The lowest BCUT2D eigenvalue weighted by Crippen LogP contribution is -2.25. The van der Waals surface area contributed by atoms with Crippen LogP contribution in [0.1, 0.15) is 16.8 Å². The normalized spacial score (nSPS) is 13.2. The van der Waals surface area contributed by atoms with Crippen LogP contribution < -0.4 is 14.8 Å². The summed E-state index contributed by atoms with van der Waals surface area (Å²) in [6.45, 7) is 1.36. The Labute approximate surface area is 110 Å². The molecule has 0 atom stereocenters. The topological polar surface area (TPSA) is 67.8 Å². The van der Waals surface area contributed by atoms with Gasteiger partial charge in [-0.2, -0.15) is 0 Å². The largest absolute Gasteiger partial charge is 0.486 e. The first-order valence-corrected chi connectivity index (χ1v) is 6.08. The SMILES string of the molecule is O=C(NCCCO)c1cc(Cl)c2c(c1)OCCO2. The number of hydrogen-bond acceptors (Lipinski definition) is 4. The van der Waals surface area contributed by atoms with E-state index in [2.05, 4.69) is 5.32 Å². The zero-order valence-electron chi connectivity index (χ0n) is 9.74. The van der Waals surface area contributed by atoms with Crippen LogP contribution in [0.15, 0.2) is 12.1 Å². The number of hydrogen-bond donors (Lipinski definition) is 2. The molecule has 6 heteroatoms. The van der Waals surface area contributed by atoms with E-state index in [1.807, 2.05) is 0 Å². The summed E-state index contributed by atoms with van der Waals surface area (Å²) in [4.78, 5) is 11.8. The summed E-state index contributed by atoms with van der Waals surface area (Å²) in [5.74, 6) is 0.721. The van der Waals surface area contributed by atoms with Crippen LogP contribution in [-0.4, -0.2) is 37.4 Å². The Morgan fingerprint density at radius 2 is 2.17 bits per heavy atom. The average Bonchev–Trinajstić information content (AvgIpc) is 2.39. The van der Waals surface area contributed by atoms with Crippen LogP contribution in [-0.2, 0) is 0 Å². The predicted octanol–water partition coefficient (Wildman–Crippen LogP) is 1.22. The van der Waals surface area contributed by atoms with Gasteiger partial charge in [-0.15, -0.1) is 0 Å². The lowest BCUT2D eigenvalue weighted by atomic mass is 10.1. The molecule has 1 aromatic carbocycles. The highest BCUT2D eigenvalue weighted by atomic mass is 35.5. The first kappa shape index (κ1) is 13.0. The van der Waals surface area contributed by atoms with E-state index in [0.29, 0.717) is 48.3 Å². The number of fused-ring (bicyclic) bond motifs is 1. The fraction of sp³-hybridized carbons (Fsp3) is 0.417.